The van der Waals surface area contributed by atoms with Gasteiger partial charge in [0.05, 0.1) is 5.54 Å². The first-order chi connectivity index (χ1) is 7.76. The second kappa shape index (κ2) is 7.56. The summed E-state index contributed by atoms with van der Waals surface area (Å²) in [6, 6.07) is 3.43. The summed E-state index contributed by atoms with van der Waals surface area (Å²) in [5.41, 5.74) is 6.24. The van der Waals surface area contributed by atoms with E-state index >= 15 is 0 Å². The normalized spacial score (nSPS) is 16.3. The van der Waals surface area contributed by atoms with Gasteiger partial charge in [0.1, 0.15) is 0 Å². The van der Waals surface area contributed by atoms with Gasteiger partial charge in [-0.2, -0.15) is 0 Å². The van der Waals surface area contributed by atoms with Crippen LogP contribution in [0.1, 0.15) is 36.0 Å². The number of pyridine rings is 1. The molecular weight excluding hydrogens is 273 g/mol. The van der Waals surface area contributed by atoms with Gasteiger partial charge >= 0.3 is 0 Å². The van der Waals surface area contributed by atoms with Gasteiger partial charge in [-0.05, 0) is 25.0 Å². The average Bonchev–Trinajstić information content (AvgIpc) is 2.79. The van der Waals surface area contributed by atoms with E-state index in [9.17, 15) is 4.79 Å². The van der Waals surface area contributed by atoms with Crippen LogP contribution in [0.25, 0.3) is 0 Å². The lowest BCUT2D eigenvalue weighted by Gasteiger charge is -2.28. The summed E-state index contributed by atoms with van der Waals surface area (Å²) in [6.45, 7) is 0.518. The third-order valence-corrected chi connectivity index (χ3v) is 3.27. The minimum Gasteiger partial charge on any atom is -0.345 e. The monoisotopic (exact) mass is 291 g/mol. The Morgan fingerprint density at radius 3 is 2.33 bits per heavy atom. The number of nitrogens with two attached hydrogens (primary N) is 1. The molecule has 1 aliphatic carbocycles. The van der Waals surface area contributed by atoms with Crippen LogP contribution in [0.4, 0.5) is 0 Å². The van der Waals surface area contributed by atoms with Crippen LogP contribution in [-0.2, 0) is 0 Å². The zero-order chi connectivity index (χ0) is 11.4. The fourth-order valence-electron chi connectivity index (χ4n) is 2.25. The molecule has 0 aliphatic heterocycles. The third-order valence-electron chi connectivity index (χ3n) is 3.27. The number of carbonyl (C=O) groups is 1. The molecule has 0 atom stereocenters. The van der Waals surface area contributed by atoms with E-state index < -0.39 is 0 Å². The molecule has 1 fully saturated rings. The van der Waals surface area contributed by atoms with E-state index in [1.54, 1.807) is 24.5 Å². The first-order valence-electron chi connectivity index (χ1n) is 5.68. The highest BCUT2D eigenvalue weighted by molar-refractivity contribution is 5.94. The molecule has 3 N–H and O–H groups in total. The van der Waals surface area contributed by atoms with Gasteiger partial charge in [0.15, 0.2) is 0 Å². The largest absolute Gasteiger partial charge is 0.345 e. The second-order valence-corrected chi connectivity index (χ2v) is 4.38. The maximum Gasteiger partial charge on any atom is 0.251 e. The summed E-state index contributed by atoms with van der Waals surface area (Å²) >= 11 is 0. The summed E-state index contributed by atoms with van der Waals surface area (Å²) in [5, 5.41) is 3.07. The first kappa shape index (κ1) is 17.2. The minimum atomic E-state index is -0.180. The van der Waals surface area contributed by atoms with Gasteiger partial charge in [-0.15, -0.1) is 24.8 Å². The molecule has 1 aromatic heterocycles. The predicted octanol–water partition coefficient (Wildman–Crippen LogP) is 1.93. The van der Waals surface area contributed by atoms with E-state index in [0.29, 0.717) is 12.1 Å². The number of rotatable bonds is 3. The van der Waals surface area contributed by atoms with E-state index in [1.807, 2.05) is 0 Å². The van der Waals surface area contributed by atoms with Gasteiger partial charge in [0.25, 0.3) is 5.91 Å². The van der Waals surface area contributed by atoms with Crippen molar-refractivity contribution in [3.63, 3.8) is 0 Å². The SMILES string of the molecule is Cl.Cl.NCC1(NC(=O)c2ccncc2)CCCC1. The molecule has 1 aromatic rings. The minimum absolute atomic E-state index is 0. The molecule has 1 saturated carbocycles. The molecule has 0 unspecified atom stereocenters. The van der Waals surface area contributed by atoms with Crippen molar-refractivity contribution in [2.45, 2.75) is 31.2 Å². The molecule has 6 heteroatoms. The molecular formula is C12H19Cl2N3O. The average molecular weight is 292 g/mol. The van der Waals surface area contributed by atoms with Crippen molar-refractivity contribution in [1.82, 2.24) is 10.3 Å². The van der Waals surface area contributed by atoms with E-state index in [1.165, 1.54) is 0 Å². The molecule has 18 heavy (non-hydrogen) atoms. The van der Waals surface area contributed by atoms with Crippen molar-refractivity contribution < 1.29 is 4.79 Å². The highest BCUT2D eigenvalue weighted by atomic mass is 35.5. The first-order valence-corrected chi connectivity index (χ1v) is 5.68. The van der Waals surface area contributed by atoms with Gasteiger partial charge in [-0.25, -0.2) is 0 Å². The Bertz CT molecular complexity index is 367. The Hall–Kier alpha value is -0.840. The Morgan fingerprint density at radius 1 is 1.28 bits per heavy atom. The van der Waals surface area contributed by atoms with Crippen molar-refractivity contribution in [3.8, 4) is 0 Å². The van der Waals surface area contributed by atoms with Crippen LogP contribution in [0.15, 0.2) is 24.5 Å². The Morgan fingerprint density at radius 2 is 1.83 bits per heavy atom. The number of carbonyl (C=O) groups excluding carboxylic acids is 1. The maximum atomic E-state index is 12.0. The highest BCUT2D eigenvalue weighted by Crippen LogP contribution is 2.28. The standard InChI is InChI=1S/C12H17N3O.2ClH/c13-9-12(5-1-2-6-12)15-11(16)10-3-7-14-8-4-10;;/h3-4,7-8H,1-2,5-6,9,13H2,(H,15,16);2*1H. The van der Waals surface area contributed by atoms with Crippen LogP contribution in [0.5, 0.6) is 0 Å². The van der Waals surface area contributed by atoms with Gasteiger partial charge in [-0.1, -0.05) is 12.8 Å². The molecule has 0 aromatic carbocycles. The van der Waals surface area contributed by atoms with Crippen molar-refractivity contribution in [3.05, 3.63) is 30.1 Å². The molecule has 0 spiro atoms. The fraction of sp³-hybridized carbons (Fsp3) is 0.500. The molecule has 4 nitrogen and oxygen atoms in total. The second-order valence-electron chi connectivity index (χ2n) is 4.38. The number of aromatic nitrogens is 1. The number of amides is 1. The summed E-state index contributed by atoms with van der Waals surface area (Å²) in [4.78, 5) is 15.9. The molecule has 2 rings (SSSR count). The summed E-state index contributed by atoms with van der Waals surface area (Å²) < 4.78 is 0. The van der Waals surface area contributed by atoms with Gasteiger partial charge < -0.3 is 11.1 Å². The Kier molecular flexibility index (Phi) is 7.21. The number of nitrogens with zero attached hydrogens (tertiary/aromatic N) is 1. The Labute approximate surface area is 120 Å². The lowest BCUT2D eigenvalue weighted by molar-refractivity contribution is 0.0903. The molecule has 1 amide bonds. The fourth-order valence-corrected chi connectivity index (χ4v) is 2.25. The van der Waals surface area contributed by atoms with Crippen molar-refractivity contribution in [1.29, 1.82) is 0 Å². The summed E-state index contributed by atoms with van der Waals surface area (Å²) in [7, 11) is 0. The van der Waals surface area contributed by atoms with E-state index in [4.69, 9.17) is 5.73 Å². The third kappa shape index (κ3) is 3.83. The molecule has 0 bridgehead atoms. The van der Waals surface area contributed by atoms with Crippen LogP contribution in [0.2, 0.25) is 0 Å². The molecule has 1 aliphatic rings. The molecule has 102 valence electrons. The number of hydrogen-bond acceptors (Lipinski definition) is 3. The van der Waals surface area contributed by atoms with E-state index in [-0.39, 0.29) is 36.3 Å². The number of hydrogen-bond donors (Lipinski definition) is 2. The summed E-state index contributed by atoms with van der Waals surface area (Å²) in [5.74, 6) is -0.0465. The van der Waals surface area contributed by atoms with Crippen LogP contribution >= 0.6 is 24.8 Å². The van der Waals surface area contributed by atoms with Gasteiger partial charge in [0.2, 0.25) is 0 Å². The van der Waals surface area contributed by atoms with Gasteiger partial charge in [0, 0.05) is 24.5 Å². The van der Waals surface area contributed by atoms with Crippen LogP contribution in [-0.4, -0.2) is 23.0 Å². The maximum absolute atomic E-state index is 12.0. The van der Waals surface area contributed by atoms with E-state index in [0.717, 1.165) is 25.7 Å². The molecule has 0 saturated heterocycles. The quantitative estimate of drug-likeness (QED) is 0.894. The predicted molar refractivity (Wildman–Crippen MR) is 76.5 cm³/mol. The van der Waals surface area contributed by atoms with Gasteiger partial charge in [-0.3, -0.25) is 9.78 Å². The van der Waals surface area contributed by atoms with Crippen molar-refractivity contribution >= 4 is 30.7 Å². The lowest BCUT2D eigenvalue weighted by atomic mass is 9.97. The molecule has 1 heterocycles. The number of nitrogens with one attached hydrogen (secondary N) is 1. The lowest BCUT2D eigenvalue weighted by Crippen LogP contribution is -2.51. The summed E-state index contributed by atoms with van der Waals surface area (Å²) in [6.07, 6.45) is 7.51. The van der Waals surface area contributed by atoms with Crippen LogP contribution in [0.3, 0.4) is 0 Å². The topological polar surface area (TPSA) is 68.0 Å². The molecule has 0 radical (unpaired) electrons. The van der Waals surface area contributed by atoms with E-state index in [2.05, 4.69) is 10.3 Å². The number of halogens is 2. The van der Waals surface area contributed by atoms with Crippen LogP contribution in [0, 0.1) is 0 Å². The van der Waals surface area contributed by atoms with Crippen molar-refractivity contribution in [2.24, 2.45) is 5.73 Å². The highest BCUT2D eigenvalue weighted by Gasteiger charge is 2.33. The zero-order valence-corrected chi connectivity index (χ0v) is 11.7. The zero-order valence-electron chi connectivity index (χ0n) is 10.1. The Balaban J connectivity index is 0.00000144. The van der Waals surface area contributed by atoms with Crippen LogP contribution < -0.4 is 11.1 Å². The van der Waals surface area contributed by atoms with Crippen molar-refractivity contribution in [2.75, 3.05) is 6.54 Å². The smallest absolute Gasteiger partial charge is 0.251 e.